The van der Waals surface area contributed by atoms with E-state index in [1.54, 1.807) is 6.07 Å². The molecule has 1 aliphatic rings. The second-order valence-electron chi connectivity index (χ2n) is 5.84. The molecule has 1 saturated carbocycles. The van der Waals surface area contributed by atoms with Crippen LogP contribution in [0.25, 0.3) is 0 Å². The monoisotopic (exact) mass is 330 g/mol. The zero-order valence-corrected chi connectivity index (χ0v) is 14.5. The lowest BCUT2D eigenvalue weighted by molar-refractivity contribution is 0.285. The summed E-state index contributed by atoms with van der Waals surface area (Å²) in [5.41, 5.74) is 1.02. The molecule has 0 aromatic carbocycles. The quantitative estimate of drug-likeness (QED) is 0.807. The van der Waals surface area contributed by atoms with Gasteiger partial charge >= 0.3 is 0 Å². The molecule has 6 heteroatoms. The fourth-order valence-corrected chi connectivity index (χ4v) is 5.71. The summed E-state index contributed by atoms with van der Waals surface area (Å²) < 4.78 is 28.5. The van der Waals surface area contributed by atoms with Crippen molar-refractivity contribution in [2.75, 3.05) is 7.05 Å². The van der Waals surface area contributed by atoms with E-state index < -0.39 is 10.0 Å². The first-order chi connectivity index (χ1) is 10.1. The smallest absolute Gasteiger partial charge is 0.250 e. The van der Waals surface area contributed by atoms with Gasteiger partial charge in [0.1, 0.15) is 4.21 Å². The first-order valence-electron chi connectivity index (χ1n) is 7.81. The van der Waals surface area contributed by atoms with E-state index in [9.17, 15) is 8.42 Å². The summed E-state index contributed by atoms with van der Waals surface area (Å²) in [6.07, 6.45) is 6.91. The largest absolute Gasteiger partial charge is 0.316 e. The summed E-state index contributed by atoms with van der Waals surface area (Å²) in [6, 6.07) is 1.85. The third kappa shape index (κ3) is 4.52. The lowest BCUT2D eigenvalue weighted by atomic mass is 9.83. The number of sulfonamides is 1. The molecule has 0 spiro atoms. The Labute approximate surface area is 132 Å². The van der Waals surface area contributed by atoms with Gasteiger partial charge in [-0.25, -0.2) is 13.1 Å². The molecule has 0 radical (unpaired) electrons. The fraction of sp³-hybridized carbons (Fsp3) is 0.733. The number of rotatable bonds is 7. The van der Waals surface area contributed by atoms with Gasteiger partial charge in [0.2, 0.25) is 10.0 Å². The van der Waals surface area contributed by atoms with Crippen molar-refractivity contribution in [3.63, 3.8) is 0 Å². The van der Waals surface area contributed by atoms with E-state index in [-0.39, 0.29) is 6.04 Å². The lowest BCUT2D eigenvalue weighted by Gasteiger charge is -2.29. The molecule has 0 bridgehead atoms. The van der Waals surface area contributed by atoms with Crippen LogP contribution in [-0.2, 0) is 16.6 Å². The van der Waals surface area contributed by atoms with Crippen LogP contribution < -0.4 is 10.0 Å². The molecule has 0 aliphatic heterocycles. The molecule has 1 unspecified atom stereocenters. The fourth-order valence-electron chi connectivity index (χ4n) is 3.10. The van der Waals surface area contributed by atoms with Crippen LogP contribution in [0.2, 0.25) is 0 Å². The van der Waals surface area contributed by atoms with Gasteiger partial charge in [-0.15, -0.1) is 11.3 Å². The summed E-state index contributed by atoms with van der Waals surface area (Å²) in [6.45, 7) is 2.77. The Balaban J connectivity index is 2.06. The van der Waals surface area contributed by atoms with Crippen molar-refractivity contribution < 1.29 is 8.42 Å². The zero-order valence-electron chi connectivity index (χ0n) is 12.9. The van der Waals surface area contributed by atoms with Crippen molar-refractivity contribution in [2.24, 2.45) is 5.92 Å². The molecule has 0 saturated heterocycles. The Bertz CT molecular complexity index is 534. The highest BCUT2D eigenvalue weighted by Gasteiger charge is 2.27. The molecule has 1 aromatic rings. The van der Waals surface area contributed by atoms with Crippen LogP contribution in [0.3, 0.4) is 0 Å². The van der Waals surface area contributed by atoms with Crippen LogP contribution in [0.5, 0.6) is 0 Å². The number of thiophene rings is 1. The molecule has 120 valence electrons. The Hall–Kier alpha value is -0.430. The number of hydrogen-bond donors (Lipinski definition) is 2. The standard InChI is InChI=1S/C15H26N2O2S2/c1-3-14(13-7-5-4-6-8-13)17-21(18,19)15-9-12(10-16-2)11-20-15/h9,11,13-14,16-17H,3-8,10H2,1-2H3. The minimum absolute atomic E-state index is 0.0742. The van der Waals surface area contributed by atoms with Crippen molar-refractivity contribution in [3.8, 4) is 0 Å². The average Bonchev–Trinajstić information content (AvgIpc) is 2.96. The normalized spacial score (nSPS) is 18.8. The number of hydrogen-bond acceptors (Lipinski definition) is 4. The Morgan fingerprint density at radius 1 is 1.33 bits per heavy atom. The zero-order chi connectivity index (χ0) is 15.3. The molecule has 2 rings (SSSR count). The Kier molecular flexibility index (Phi) is 6.22. The SMILES string of the molecule is CCC(NS(=O)(=O)c1cc(CNC)cs1)C1CCCCC1. The van der Waals surface area contributed by atoms with Gasteiger partial charge in [-0.3, -0.25) is 0 Å². The third-order valence-electron chi connectivity index (χ3n) is 4.24. The first-order valence-corrected chi connectivity index (χ1v) is 10.2. The minimum Gasteiger partial charge on any atom is -0.316 e. The van der Waals surface area contributed by atoms with Crippen molar-refractivity contribution in [3.05, 3.63) is 17.0 Å². The maximum atomic E-state index is 12.5. The van der Waals surface area contributed by atoms with Gasteiger partial charge in [-0.05, 0) is 49.2 Å². The molecule has 4 nitrogen and oxygen atoms in total. The van der Waals surface area contributed by atoms with Crippen molar-refractivity contribution in [2.45, 2.75) is 62.2 Å². The molecule has 1 atom stereocenters. The minimum atomic E-state index is -3.38. The van der Waals surface area contributed by atoms with Crippen LogP contribution in [0, 0.1) is 5.92 Å². The highest BCUT2D eigenvalue weighted by atomic mass is 32.2. The predicted molar refractivity (Wildman–Crippen MR) is 88.1 cm³/mol. The van der Waals surface area contributed by atoms with E-state index in [2.05, 4.69) is 17.0 Å². The summed E-state index contributed by atoms with van der Waals surface area (Å²) >= 11 is 1.31. The number of nitrogens with one attached hydrogen (secondary N) is 2. The maximum Gasteiger partial charge on any atom is 0.250 e. The van der Waals surface area contributed by atoms with Crippen LogP contribution >= 0.6 is 11.3 Å². The summed E-state index contributed by atoms with van der Waals surface area (Å²) in [5.74, 6) is 0.496. The molecule has 1 aliphatic carbocycles. The second kappa shape index (κ2) is 7.72. The second-order valence-corrected chi connectivity index (χ2v) is 8.69. The van der Waals surface area contributed by atoms with Gasteiger partial charge in [-0.1, -0.05) is 26.2 Å². The van der Waals surface area contributed by atoms with Crippen LogP contribution in [-0.4, -0.2) is 21.5 Å². The molecule has 1 aromatic heterocycles. The molecule has 0 amide bonds. The summed E-state index contributed by atoms with van der Waals surface area (Å²) in [5, 5.41) is 4.95. The molecule has 2 N–H and O–H groups in total. The van der Waals surface area contributed by atoms with E-state index in [1.807, 2.05) is 12.4 Å². The van der Waals surface area contributed by atoms with Crippen LogP contribution in [0.15, 0.2) is 15.7 Å². The predicted octanol–water partition coefficient (Wildman–Crippen LogP) is 3.10. The Morgan fingerprint density at radius 3 is 2.67 bits per heavy atom. The lowest BCUT2D eigenvalue weighted by Crippen LogP contribution is -2.40. The van der Waals surface area contributed by atoms with E-state index in [4.69, 9.17) is 0 Å². The highest BCUT2D eigenvalue weighted by molar-refractivity contribution is 7.91. The van der Waals surface area contributed by atoms with Crippen molar-refractivity contribution in [1.29, 1.82) is 0 Å². The third-order valence-corrected chi connectivity index (χ3v) is 7.22. The van der Waals surface area contributed by atoms with Gasteiger partial charge in [0.25, 0.3) is 0 Å². The molecular formula is C15H26N2O2S2. The first kappa shape index (κ1) is 16.9. The molecule has 1 fully saturated rings. The molecule has 21 heavy (non-hydrogen) atoms. The Morgan fingerprint density at radius 2 is 2.05 bits per heavy atom. The topological polar surface area (TPSA) is 58.2 Å². The maximum absolute atomic E-state index is 12.5. The highest BCUT2D eigenvalue weighted by Crippen LogP contribution is 2.29. The van der Waals surface area contributed by atoms with E-state index in [1.165, 1.54) is 30.6 Å². The van der Waals surface area contributed by atoms with E-state index in [0.29, 0.717) is 16.7 Å². The van der Waals surface area contributed by atoms with Crippen molar-refractivity contribution >= 4 is 21.4 Å². The van der Waals surface area contributed by atoms with E-state index >= 15 is 0 Å². The van der Waals surface area contributed by atoms with Crippen molar-refractivity contribution in [1.82, 2.24) is 10.0 Å². The molecular weight excluding hydrogens is 304 g/mol. The van der Waals surface area contributed by atoms with Gasteiger partial charge < -0.3 is 5.32 Å². The summed E-state index contributed by atoms with van der Waals surface area (Å²) in [7, 11) is -1.52. The van der Waals surface area contributed by atoms with Gasteiger partial charge in [-0.2, -0.15) is 0 Å². The van der Waals surface area contributed by atoms with E-state index in [0.717, 1.165) is 24.8 Å². The average molecular weight is 331 g/mol. The van der Waals surface area contributed by atoms with Gasteiger partial charge in [0.05, 0.1) is 0 Å². The molecule has 1 heterocycles. The van der Waals surface area contributed by atoms with Crippen LogP contribution in [0.1, 0.15) is 51.0 Å². The van der Waals surface area contributed by atoms with Gasteiger partial charge in [0.15, 0.2) is 0 Å². The summed E-state index contributed by atoms with van der Waals surface area (Å²) in [4.78, 5) is 0. The van der Waals surface area contributed by atoms with Gasteiger partial charge in [0, 0.05) is 12.6 Å². The van der Waals surface area contributed by atoms with Crippen LogP contribution in [0.4, 0.5) is 0 Å².